The molecule has 5 nitrogen and oxygen atoms in total. The Morgan fingerprint density at radius 3 is 2.63 bits per heavy atom. The summed E-state index contributed by atoms with van der Waals surface area (Å²) in [4.78, 5) is 22.1. The predicted octanol–water partition coefficient (Wildman–Crippen LogP) is 1.95. The first-order valence-corrected chi connectivity index (χ1v) is 5.92. The van der Waals surface area contributed by atoms with Gasteiger partial charge in [-0.25, -0.2) is 0 Å². The Kier molecular flexibility index (Phi) is 3.46. The van der Waals surface area contributed by atoms with Crippen molar-refractivity contribution in [3.8, 4) is 0 Å². The molecule has 2 rings (SSSR count). The molecule has 0 bridgehead atoms. The van der Waals surface area contributed by atoms with E-state index >= 15 is 0 Å². The van der Waals surface area contributed by atoms with Crippen LogP contribution in [0, 0.1) is 13.8 Å². The summed E-state index contributed by atoms with van der Waals surface area (Å²) in [7, 11) is 1.72. The highest BCUT2D eigenvalue weighted by Gasteiger charge is 2.19. The second-order valence-electron chi connectivity index (χ2n) is 4.39. The van der Waals surface area contributed by atoms with Gasteiger partial charge in [-0.05, 0) is 31.5 Å². The summed E-state index contributed by atoms with van der Waals surface area (Å²) in [5.74, 6) is -0.167. The van der Waals surface area contributed by atoms with Crippen molar-refractivity contribution in [2.75, 3.05) is 17.7 Å². The molecular formula is C14H16N4O. The van der Waals surface area contributed by atoms with Crippen molar-refractivity contribution in [3.63, 3.8) is 0 Å². The molecule has 0 aliphatic heterocycles. The topological polar surface area (TPSA) is 72.1 Å². The molecule has 2 heterocycles. The minimum absolute atomic E-state index is 0.167. The average Bonchev–Trinajstić information content (AvgIpc) is 2.38. The summed E-state index contributed by atoms with van der Waals surface area (Å²) in [6, 6.07) is 3.50. The maximum Gasteiger partial charge on any atom is 0.260 e. The van der Waals surface area contributed by atoms with E-state index in [0.717, 1.165) is 16.9 Å². The lowest BCUT2D eigenvalue weighted by atomic mass is 10.1. The standard InChI is InChI=1S/C14H16N4O/c1-9-4-7-17-10(2)13(9)18(3)14(19)11-5-6-16-8-12(11)15/h4-8H,15H2,1-3H3. The molecule has 0 unspecified atom stereocenters. The van der Waals surface area contributed by atoms with E-state index in [0.29, 0.717) is 11.3 Å². The quantitative estimate of drug-likeness (QED) is 0.891. The highest BCUT2D eigenvalue weighted by Crippen LogP contribution is 2.24. The van der Waals surface area contributed by atoms with Crippen LogP contribution in [0.3, 0.4) is 0 Å². The van der Waals surface area contributed by atoms with Gasteiger partial charge in [0, 0.05) is 19.4 Å². The minimum Gasteiger partial charge on any atom is -0.397 e. The summed E-state index contributed by atoms with van der Waals surface area (Å²) < 4.78 is 0. The van der Waals surface area contributed by atoms with E-state index in [4.69, 9.17) is 5.73 Å². The number of aryl methyl sites for hydroxylation is 2. The molecule has 2 aromatic heterocycles. The van der Waals surface area contributed by atoms with Crippen molar-refractivity contribution >= 4 is 17.3 Å². The van der Waals surface area contributed by atoms with E-state index in [9.17, 15) is 4.79 Å². The largest absolute Gasteiger partial charge is 0.397 e. The van der Waals surface area contributed by atoms with Crippen molar-refractivity contribution in [2.24, 2.45) is 0 Å². The zero-order valence-corrected chi connectivity index (χ0v) is 11.2. The van der Waals surface area contributed by atoms with E-state index in [2.05, 4.69) is 9.97 Å². The van der Waals surface area contributed by atoms with Crippen LogP contribution in [0.2, 0.25) is 0 Å². The molecule has 98 valence electrons. The van der Waals surface area contributed by atoms with Gasteiger partial charge in [-0.1, -0.05) is 0 Å². The van der Waals surface area contributed by atoms with Crippen LogP contribution < -0.4 is 10.6 Å². The van der Waals surface area contributed by atoms with Gasteiger partial charge >= 0.3 is 0 Å². The first-order valence-electron chi connectivity index (χ1n) is 5.92. The minimum atomic E-state index is -0.167. The van der Waals surface area contributed by atoms with Gasteiger partial charge in [0.2, 0.25) is 0 Å². The summed E-state index contributed by atoms with van der Waals surface area (Å²) in [5, 5.41) is 0. The Morgan fingerprint density at radius 1 is 1.26 bits per heavy atom. The highest BCUT2D eigenvalue weighted by atomic mass is 16.2. The number of hydrogen-bond donors (Lipinski definition) is 1. The first kappa shape index (κ1) is 13.0. The fourth-order valence-corrected chi connectivity index (χ4v) is 2.08. The molecule has 0 radical (unpaired) electrons. The third-order valence-corrected chi connectivity index (χ3v) is 3.03. The van der Waals surface area contributed by atoms with Crippen LogP contribution in [0.15, 0.2) is 30.7 Å². The SMILES string of the molecule is Cc1ccnc(C)c1N(C)C(=O)c1ccncc1N. The second-order valence-corrected chi connectivity index (χ2v) is 4.39. The Hall–Kier alpha value is -2.43. The lowest BCUT2D eigenvalue weighted by Crippen LogP contribution is -2.28. The molecule has 0 atom stereocenters. The number of anilines is 2. The molecule has 1 amide bonds. The number of aromatic nitrogens is 2. The molecule has 0 aliphatic rings. The van der Waals surface area contributed by atoms with Crippen LogP contribution >= 0.6 is 0 Å². The number of carbonyl (C=O) groups is 1. The van der Waals surface area contributed by atoms with Crippen molar-refractivity contribution < 1.29 is 4.79 Å². The van der Waals surface area contributed by atoms with Crippen molar-refractivity contribution in [3.05, 3.63) is 47.5 Å². The van der Waals surface area contributed by atoms with Gasteiger partial charge < -0.3 is 10.6 Å². The molecule has 0 fully saturated rings. The number of hydrogen-bond acceptors (Lipinski definition) is 4. The molecule has 0 saturated heterocycles. The number of amides is 1. The Labute approximate surface area is 112 Å². The van der Waals surface area contributed by atoms with Gasteiger partial charge in [-0.2, -0.15) is 0 Å². The number of nitrogen functional groups attached to an aromatic ring is 1. The van der Waals surface area contributed by atoms with Crippen molar-refractivity contribution in [1.29, 1.82) is 0 Å². The van der Waals surface area contributed by atoms with E-state index in [-0.39, 0.29) is 5.91 Å². The van der Waals surface area contributed by atoms with Gasteiger partial charge in [-0.15, -0.1) is 0 Å². The van der Waals surface area contributed by atoms with Gasteiger partial charge in [-0.3, -0.25) is 14.8 Å². The summed E-state index contributed by atoms with van der Waals surface area (Å²) in [5.41, 5.74) is 9.22. The highest BCUT2D eigenvalue weighted by molar-refractivity contribution is 6.09. The van der Waals surface area contributed by atoms with E-state index < -0.39 is 0 Å². The van der Waals surface area contributed by atoms with Crippen LogP contribution in [-0.2, 0) is 0 Å². The van der Waals surface area contributed by atoms with Crippen molar-refractivity contribution in [2.45, 2.75) is 13.8 Å². The zero-order valence-electron chi connectivity index (χ0n) is 11.2. The molecule has 5 heteroatoms. The van der Waals surface area contributed by atoms with Crippen molar-refractivity contribution in [1.82, 2.24) is 9.97 Å². The summed E-state index contributed by atoms with van der Waals surface area (Å²) in [6.07, 6.45) is 4.76. The molecule has 19 heavy (non-hydrogen) atoms. The van der Waals surface area contributed by atoms with Gasteiger partial charge in [0.25, 0.3) is 5.91 Å². The molecule has 2 N–H and O–H groups in total. The smallest absolute Gasteiger partial charge is 0.260 e. The lowest BCUT2D eigenvalue weighted by molar-refractivity contribution is 0.0993. The fraction of sp³-hybridized carbons (Fsp3) is 0.214. The number of carbonyl (C=O) groups excluding carboxylic acids is 1. The average molecular weight is 256 g/mol. The Morgan fingerprint density at radius 2 is 2.00 bits per heavy atom. The second kappa shape index (κ2) is 5.06. The Balaban J connectivity index is 2.43. The number of nitrogens with two attached hydrogens (primary N) is 1. The van der Waals surface area contributed by atoms with Crippen LogP contribution in [-0.4, -0.2) is 22.9 Å². The van der Waals surface area contributed by atoms with Gasteiger partial charge in [0.15, 0.2) is 0 Å². The first-order chi connectivity index (χ1) is 9.02. The third-order valence-electron chi connectivity index (χ3n) is 3.03. The summed E-state index contributed by atoms with van der Waals surface area (Å²) in [6.45, 7) is 3.83. The van der Waals surface area contributed by atoms with Crippen LogP contribution in [0.4, 0.5) is 11.4 Å². The zero-order chi connectivity index (χ0) is 14.0. The van der Waals surface area contributed by atoms with Gasteiger partial charge in [0.1, 0.15) is 0 Å². The normalized spacial score (nSPS) is 10.3. The van der Waals surface area contributed by atoms with Crippen LogP contribution in [0.1, 0.15) is 21.6 Å². The van der Waals surface area contributed by atoms with E-state index in [1.165, 1.54) is 6.20 Å². The molecule has 2 aromatic rings. The molecule has 0 spiro atoms. The third kappa shape index (κ3) is 2.40. The monoisotopic (exact) mass is 256 g/mol. The van der Waals surface area contributed by atoms with Crippen LogP contribution in [0.25, 0.3) is 0 Å². The maximum absolute atomic E-state index is 12.5. The Bertz CT molecular complexity index is 604. The molecule has 0 aromatic carbocycles. The van der Waals surface area contributed by atoms with Crippen LogP contribution in [0.5, 0.6) is 0 Å². The number of nitrogens with zero attached hydrogens (tertiary/aromatic N) is 3. The molecular weight excluding hydrogens is 240 g/mol. The predicted molar refractivity (Wildman–Crippen MR) is 75.1 cm³/mol. The van der Waals surface area contributed by atoms with E-state index in [1.807, 2.05) is 19.9 Å². The number of pyridine rings is 2. The molecule has 0 aliphatic carbocycles. The number of rotatable bonds is 2. The van der Waals surface area contributed by atoms with Gasteiger partial charge in [0.05, 0.1) is 28.8 Å². The lowest BCUT2D eigenvalue weighted by Gasteiger charge is -2.21. The van der Waals surface area contributed by atoms with E-state index in [1.54, 1.807) is 30.4 Å². The molecule has 0 saturated carbocycles. The summed E-state index contributed by atoms with van der Waals surface area (Å²) >= 11 is 0. The maximum atomic E-state index is 12.5. The fourth-order valence-electron chi connectivity index (χ4n) is 2.08.